The Balaban J connectivity index is 1.85. The number of hydrogen-bond acceptors (Lipinski definition) is 6. The predicted octanol–water partition coefficient (Wildman–Crippen LogP) is 1.71. The largest absolute Gasteiger partial charge is 0.339 e. The number of fused-ring (bicyclic) bond motifs is 5. The molecule has 1 saturated carbocycles. The molecule has 0 N–H and O–H groups in total. The normalized spacial score (nSPS) is 30.6. The van der Waals surface area contributed by atoms with Crippen molar-refractivity contribution in [3.63, 3.8) is 0 Å². The molecule has 146 valence electrons. The molecule has 28 heavy (non-hydrogen) atoms. The van der Waals surface area contributed by atoms with Gasteiger partial charge in [-0.1, -0.05) is 27.7 Å². The first-order chi connectivity index (χ1) is 13.3. The Morgan fingerprint density at radius 1 is 1.00 bits per heavy atom. The van der Waals surface area contributed by atoms with E-state index in [0.717, 1.165) is 31.7 Å². The maximum absolute atomic E-state index is 13.9. The number of nitriles is 2. The van der Waals surface area contributed by atoms with E-state index in [1.165, 1.54) is 0 Å². The summed E-state index contributed by atoms with van der Waals surface area (Å²) >= 11 is 0. The fraction of sp³-hybridized carbons (Fsp3) is 0.667. The summed E-state index contributed by atoms with van der Waals surface area (Å²) < 4.78 is 0. The number of piperazine rings is 1. The number of likely N-dealkylation sites (N-methyl/N-ethyl adjacent to an activating group) is 1. The van der Waals surface area contributed by atoms with Crippen molar-refractivity contribution in [3.8, 4) is 12.1 Å². The zero-order valence-electron chi connectivity index (χ0n) is 17.0. The Morgan fingerprint density at radius 3 is 2.11 bits per heavy atom. The molecule has 0 radical (unpaired) electrons. The predicted molar refractivity (Wildman–Crippen MR) is 102 cm³/mol. The van der Waals surface area contributed by atoms with Gasteiger partial charge in [-0.25, -0.2) is 9.97 Å². The first-order valence-electron chi connectivity index (χ1n) is 10.0. The molecule has 0 spiro atoms. The number of amides is 1. The van der Waals surface area contributed by atoms with Crippen LogP contribution in [0.25, 0.3) is 0 Å². The minimum atomic E-state index is -0.780. The molecule has 3 aliphatic rings. The summed E-state index contributed by atoms with van der Waals surface area (Å²) in [4.78, 5) is 27.4. The molecule has 2 aliphatic carbocycles. The molecule has 1 aliphatic heterocycles. The number of carbonyl (C=O) groups excluding carboxylic acids is 1. The van der Waals surface area contributed by atoms with Gasteiger partial charge in [-0.3, -0.25) is 4.79 Å². The summed E-state index contributed by atoms with van der Waals surface area (Å²) in [6.07, 6.45) is 1.54. The van der Waals surface area contributed by atoms with Crippen LogP contribution < -0.4 is 0 Å². The zero-order chi connectivity index (χ0) is 20.3. The van der Waals surface area contributed by atoms with E-state index in [-0.39, 0.29) is 28.1 Å². The summed E-state index contributed by atoms with van der Waals surface area (Å²) in [5.74, 6) is 0.110. The van der Waals surface area contributed by atoms with Gasteiger partial charge in [0.05, 0.1) is 16.8 Å². The van der Waals surface area contributed by atoms with Crippen LogP contribution in [0.4, 0.5) is 0 Å². The summed E-state index contributed by atoms with van der Waals surface area (Å²) in [6, 6.07) is 4.00. The Bertz CT molecular complexity index is 933. The van der Waals surface area contributed by atoms with E-state index in [4.69, 9.17) is 0 Å². The lowest BCUT2D eigenvalue weighted by Crippen LogP contribution is -2.57. The van der Waals surface area contributed by atoms with Crippen molar-refractivity contribution in [1.82, 2.24) is 19.8 Å². The standard InChI is InChI=1S/C21H26N6O/c1-5-26-8-10-27(11-9-26)18(28)21-7-6-20(4,19(21,2)3)16-17(21)25-15(13-23)14(12-22)24-16/h5-11H2,1-4H3. The Kier molecular flexibility index (Phi) is 4.03. The second kappa shape index (κ2) is 5.99. The van der Waals surface area contributed by atoms with Crippen molar-refractivity contribution >= 4 is 5.91 Å². The van der Waals surface area contributed by atoms with Crippen LogP contribution in [0, 0.1) is 28.1 Å². The minimum Gasteiger partial charge on any atom is -0.339 e. The van der Waals surface area contributed by atoms with Gasteiger partial charge in [0.25, 0.3) is 0 Å². The first kappa shape index (κ1) is 18.8. The van der Waals surface area contributed by atoms with E-state index in [1.807, 2.05) is 17.0 Å². The summed E-state index contributed by atoms with van der Waals surface area (Å²) in [6.45, 7) is 12.7. The van der Waals surface area contributed by atoms with Gasteiger partial charge in [0.2, 0.25) is 5.91 Å². The van der Waals surface area contributed by atoms with Gasteiger partial charge >= 0.3 is 0 Å². The second-order valence-corrected chi connectivity index (χ2v) is 8.93. The number of carbonyl (C=O) groups is 1. The molecular weight excluding hydrogens is 352 g/mol. The Labute approximate surface area is 166 Å². The minimum absolute atomic E-state index is 0.0242. The van der Waals surface area contributed by atoms with E-state index in [1.54, 1.807) is 0 Å². The van der Waals surface area contributed by atoms with E-state index >= 15 is 0 Å². The average molecular weight is 378 g/mol. The molecule has 2 fully saturated rings. The molecule has 1 aromatic rings. The smallest absolute Gasteiger partial charge is 0.235 e. The highest BCUT2D eigenvalue weighted by Crippen LogP contribution is 2.70. The Hall–Kier alpha value is -2.51. The van der Waals surface area contributed by atoms with Crippen molar-refractivity contribution in [1.29, 1.82) is 10.5 Å². The summed E-state index contributed by atoms with van der Waals surface area (Å²) in [5.41, 5.74) is -0.0542. The van der Waals surface area contributed by atoms with Gasteiger partial charge in [0.15, 0.2) is 11.4 Å². The van der Waals surface area contributed by atoms with E-state index in [9.17, 15) is 15.3 Å². The van der Waals surface area contributed by atoms with E-state index < -0.39 is 5.41 Å². The highest BCUT2D eigenvalue weighted by Gasteiger charge is 2.73. The fourth-order valence-electron chi connectivity index (χ4n) is 5.65. The van der Waals surface area contributed by atoms with Gasteiger partial charge in [0.1, 0.15) is 12.1 Å². The maximum atomic E-state index is 13.9. The number of aromatic nitrogens is 2. The molecule has 7 nitrogen and oxygen atoms in total. The molecule has 7 heteroatoms. The van der Waals surface area contributed by atoms with Crippen LogP contribution in [-0.4, -0.2) is 58.4 Å². The molecule has 4 rings (SSSR count). The van der Waals surface area contributed by atoms with Crippen LogP contribution in [0.1, 0.15) is 63.3 Å². The third kappa shape index (κ3) is 2.03. The molecule has 2 unspecified atom stereocenters. The topological polar surface area (TPSA) is 96.9 Å². The van der Waals surface area contributed by atoms with Crippen molar-refractivity contribution in [2.24, 2.45) is 5.41 Å². The number of rotatable bonds is 2. The average Bonchev–Trinajstić information content (AvgIpc) is 3.01. The van der Waals surface area contributed by atoms with Crippen molar-refractivity contribution in [2.45, 2.75) is 51.4 Å². The van der Waals surface area contributed by atoms with Gasteiger partial charge in [-0.05, 0) is 24.8 Å². The van der Waals surface area contributed by atoms with Crippen LogP contribution in [0.5, 0.6) is 0 Å². The van der Waals surface area contributed by atoms with Gasteiger partial charge in [-0.15, -0.1) is 0 Å². The molecule has 1 aromatic heterocycles. The lowest BCUT2D eigenvalue weighted by atomic mass is 9.63. The third-order valence-electron chi connectivity index (χ3n) is 7.95. The van der Waals surface area contributed by atoms with Crippen molar-refractivity contribution in [2.75, 3.05) is 32.7 Å². The molecule has 0 aromatic carbocycles. The van der Waals surface area contributed by atoms with Crippen LogP contribution >= 0.6 is 0 Å². The zero-order valence-corrected chi connectivity index (χ0v) is 17.0. The lowest BCUT2D eigenvalue weighted by molar-refractivity contribution is -0.143. The number of nitrogens with zero attached hydrogens (tertiary/aromatic N) is 6. The highest BCUT2D eigenvalue weighted by atomic mass is 16.2. The summed E-state index contributed by atoms with van der Waals surface area (Å²) in [7, 11) is 0. The SMILES string of the molecule is CCN1CCN(C(=O)C23CCC(C)(c4nc(C#N)c(C#N)nc42)C3(C)C)CC1. The quantitative estimate of drug-likeness (QED) is 0.777. The highest BCUT2D eigenvalue weighted by molar-refractivity contribution is 5.92. The van der Waals surface area contributed by atoms with Gasteiger partial charge < -0.3 is 9.80 Å². The van der Waals surface area contributed by atoms with Crippen LogP contribution in [-0.2, 0) is 15.6 Å². The van der Waals surface area contributed by atoms with Crippen LogP contribution in [0.3, 0.4) is 0 Å². The van der Waals surface area contributed by atoms with Gasteiger partial charge in [0, 0.05) is 31.6 Å². The van der Waals surface area contributed by atoms with E-state index in [0.29, 0.717) is 25.2 Å². The molecular formula is C21H26N6O. The molecule has 1 amide bonds. The molecule has 2 atom stereocenters. The summed E-state index contributed by atoms with van der Waals surface area (Å²) in [5, 5.41) is 18.9. The third-order valence-corrected chi connectivity index (χ3v) is 7.95. The molecule has 1 saturated heterocycles. The molecule has 2 bridgehead atoms. The van der Waals surface area contributed by atoms with Crippen LogP contribution in [0.15, 0.2) is 0 Å². The number of hydrogen-bond donors (Lipinski definition) is 0. The van der Waals surface area contributed by atoms with Crippen molar-refractivity contribution in [3.05, 3.63) is 22.8 Å². The van der Waals surface area contributed by atoms with E-state index in [2.05, 4.69) is 42.6 Å². The first-order valence-corrected chi connectivity index (χ1v) is 10.0. The lowest BCUT2D eigenvalue weighted by Gasteiger charge is -2.44. The van der Waals surface area contributed by atoms with Crippen molar-refractivity contribution < 1.29 is 4.79 Å². The maximum Gasteiger partial charge on any atom is 0.235 e. The molecule has 2 heterocycles. The fourth-order valence-corrected chi connectivity index (χ4v) is 5.65. The van der Waals surface area contributed by atoms with Crippen LogP contribution in [0.2, 0.25) is 0 Å². The van der Waals surface area contributed by atoms with Gasteiger partial charge in [-0.2, -0.15) is 10.5 Å². The monoisotopic (exact) mass is 378 g/mol. The second-order valence-electron chi connectivity index (χ2n) is 8.93. The Morgan fingerprint density at radius 2 is 1.57 bits per heavy atom.